The molecule has 0 aliphatic rings. The van der Waals surface area contributed by atoms with Gasteiger partial charge in [-0.15, -0.1) is 0 Å². The first-order valence-corrected chi connectivity index (χ1v) is 36.3. The highest BCUT2D eigenvalue weighted by Gasteiger charge is 2.15. The van der Waals surface area contributed by atoms with Gasteiger partial charge in [0.1, 0.15) is 5.82 Å². The molecule has 13 aromatic carbocycles. The molecule has 0 aliphatic heterocycles. The summed E-state index contributed by atoms with van der Waals surface area (Å²) in [7, 11) is 0. The summed E-state index contributed by atoms with van der Waals surface area (Å²) in [6.45, 7) is 10.3. The third-order valence-corrected chi connectivity index (χ3v) is 18.2. The van der Waals surface area contributed by atoms with Crippen molar-refractivity contribution in [2.24, 2.45) is 0 Å². The van der Waals surface area contributed by atoms with Crippen LogP contribution in [0.3, 0.4) is 0 Å². The first-order chi connectivity index (χ1) is 53.1. The van der Waals surface area contributed by atoms with Gasteiger partial charge in [0.15, 0.2) is 11.6 Å². The van der Waals surface area contributed by atoms with Crippen LogP contribution in [0.25, 0.3) is 140 Å². The molecule has 5 aromatic heterocycles. The molecule has 0 aliphatic carbocycles. The van der Waals surface area contributed by atoms with Gasteiger partial charge in [-0.1, -0.05) is 339 Å². The summed E-state index contributed by atoms with van der Waals surface area (Å²) in [5.41, 5.74) is 27.7. The molecule has 0 saturated heterocycles. The quantitative estimate of drug-likeness (QED) is 0.127. The van der Waals surface area contributed by atoms with Gasteiger partial charge in [-0.05, 0) is 118 Å². The molecule has 8 heteroatoms. The summed E-state index contributed by atoms with van der Waals surface area (Å²) in [5.74, 6) is 2.32. The number of pyridine rings is 1. The van der Waals surface area contributed by atoms with Crippen LogP contribution < -0.4 is 0 Å². The zero-order chi connectivity index (χ0) is 73.8. The maximum atomic E-state index is 4.83. The average Bonchev–Trinajstić information content (AvgIpc) is 1.60. The van der Waals surface area contributed by atoms with Crippen LogP contribution in [0.4, 0.5) is 0 Å². The summed E-state index contributed by atoms with van der Waals surface area (Å²) in [6.07, 6.45) is 0. The van der Waals surface area contributed by atoms with Crippen LogP contribution in [0.5, 0.6) is 0 Å². The molecule has 0 amide bonds. The molecule has 18 rings (SSSR count). The van der Waals surface area contributed by atoms with Gasteiger partial charge in [-0.2, -0.15) is 0 Å². The van der Waals surface area contributed by atoms with Crippen LogP contribution in [0.1, 0.15) is 28.2 Å². The Morgan fingerprint density at radius 2 is 0.500 bits per heavy atom. The van der Waals surface area contributed by atoms with Crippen molar-refractivity contribution in [1.82, 2.24) is 39.5 Å². The fourth-order valence-corrected chi connectivity index (χ4v) is 13.0. The number of aryl methyl sites for hydroxylation is 5. The van der Waals surface area contributed by atoms with Crippen molar-refractivity contribution in [3.8, 4) is 118 Å². The molecule has 0 unspecified atom stereocenters. The zero-order valence-corrected chi connectivity index (χ0v) is 61.1. The molecule has 0 atom stereocenters. The average molecular weight is 1390 g/mol. The molecule has 0 radical (unpaired) electrons. The lowest BCUT2D eigenvalue weighted by Gasteiger charge is -2.09. The van der Waals surface area contributed by atoms with Crippen LogP contribution in [0.2, 0.25) is 0 Å². The van der Waals surface area contributed by atoms with Crippen molar-refractivity contribution in [2.45, 2.75) is 34.6 Å². The highest BCUT2D eigenvalue weighted by atomic mass is 15.0. The number of aromatic nitrogens is 8. The van der Waals surface area contributed by atoms with Gasteiger partial charge in [0.25, 0.3) is 0 Å². The van der Waals surface area contributed by atoms with E-state index in [9.17, 15) is 0 Å². The van der Waals surface area contributed by atoms with Gasteiger partial charge in [-0.25, -0.2) is 34.9 Å². The topological polar surface area (TPSA) is 95.2 Å². The standard InChI is InChI=1S/C25H19N.C23H18N2.C18H15N.2C17H14N2/c1-18-8-7-9-19(16-18)20-14-15-25-23(17-20)22-12-5-6-13-24(22)26(25)21-10-3-2-4-11-21;1-17-9-8-14-20(15-17)22-16-21(18-10-4-2-5-11-18)24-23(25-22)19-12-6-3-7-13-19;1-14-12-17(15-8-4-2-5-9-15)19-18(13-14)16-10-6-3-7-11-16;1-13-18-16(14-8-4-2-5-9-14)12-17(19-13)15-10-6-3-7-11-15;1-13-12-16(14-8-4-2-5-9-14)19-17(18-13)15-10-6-3-7-11-15/h2-17H,1H3;2-16H,1H3;2-13H,1H3;2*2-12H,1H3. The molecule has 0 fully saturated rings. The van der Waals surface area contributed by atoms with Crippen LogP contribution in [0, 0.1) is 34.6 Å². The Bertz CT molecular complexity index is 5420. The second-order valence-electron chi connectivity index (χ2n) is 26.4. The van der Waals surface area contributed by atoms with Crippen LogP contribution >= 0.6 is 0 Å². The van der Waals surface area contributed by atoms with Gasteiger partial charge in [0, 0.05) is 72.2 Å². The molecular weight excluding hydrogens is 1310 g/mol. The number of fused-ring (bicyclic) bond motifs is 3. The third-order valence-electron chi connectivity index (χ3n) is 18.2. The van der Waals surface area contributed by atoms with Crippen LogP contribution in [-0.2, 0) is 0 Å². The molecule has 0 bridgehead atoms. The van der Waals surface area contributed by atoms with E-state index in [1.165, 1.54) is 55.3 Å². The Hall–Kier alpha value is -14.0. The predicted octanol–water partition coefficient (Wildman–Crippen LogP) is 25.5. The number of rotatable bonds is 11. The maximum absolute atomic E-state index is 4.83. The number of hydrogen-bond acceptors (Lipinski definition) is 7. The van der Waals surface area contributed by atoms with Gasteiger partial charge >= 0.3 is 0 Å². The van der Waals surface area contributed by atoms with Crippen LogP contribution in [0.15, 0.2) is 394 Å². The van der Waals surface area contributed by atoms with E-state index < -0.39 is 0 Å². The normalized spacial score (nSPS) is 10.6. The minimum absolute atomic E-state index is 0.749. The lowest BCUT2D eigenvalue weighted by atomic mass is 10.0. The molecule has 108 heavy (non-hydrogen) atoms. The summed E-state index contributed by atoms with van der Waals surface area (Å²) in [6, 6.07) is 135. The van der Waals surface area contributed by atoms with E-state index >= 15 is 0 Å². The lowest BCUT2D eigenvalue weighted by molar-refractivity contribution is 1.06. The van der Waals surface area contributed by atoms with Crippen molar-refractivity contribution in [2.75, 3.05) is 0 Å². The highest BCUT2D eigenvalue weighted by Crippen LogP contribution is 2.36. The SMILES string of the molecule is Cc1cc(-c2ccccc2)nc(-c2ccccc2)c1.Cc1cc(-c2ccccc2)nc(-c2ccccc2)n1.Cc1cccc(-c2cc(-c3ccccc3)nc(-c3ccccc3)n2)c1.Cc1cccc(-c2ccc3c(c2)c2ccccc2n3-c2ccccc2)c1.Cc1nc(-c2ccccc2)cc(-c2ccccc2)n1. The fraction of sp³-hybridized carbons (Fsp3) is 0.0500. The third kappa shape index (κ3) is 18.0. The van der Waals surface area contributed by atoms with Crippen molar-refractivity contribution in [1.29, 1.82) is 0 Å². The van der Waals surface area contributed by atoms with Crippen molar-refractivity contribution >= 4 is 21.8 Å². The second-order valence-corrected chi connectivity index (χ2v) is 26.4. The number of nitrogens with zero attached hydrogens (tertiary/aromatic N) is 8. The van der Waals surface area contributed by atoms with E-state index in [0.717, 1.165) is 113 Å². The Kier molecular flexibility index (Phi) is 22.7. The number of benzene rings is 13. The molecular formula is C100H80N8. The highest BCUT2D eigenvalue weighted by molar-refractivity contribution is 6.10. The van der Waals surface area contributed by atoms with Gasteiger partial charge in [0.2, 0.25) is 0 Å². The summed E-state index contributed by atoms with van der Waals surface area (Å²) >= 11 is 0. The zero-order valence-electron chi connectivity index (χ0n) is 61.1. The Morgan fingerprint density at radius 3 is 0.935 bits per heavy atom. The summed E-state index contributed by atoms with van der Waals surface area (Å²) < 4.78 is 2.35. The minimum atomic E-state index is 0.749. The molecule has 0 N–H and O–H groups in total. The first kappa shape index (κ1) is 71.1. The van der Waals surface area contributed by atoms with Crippen molar-refractivity contribution in [3.63, 3.8) is 0 Å². The van der Waals surface area contributed by atoms with E-state index in [2.05, 4.69) is 258 Å². The first-order valence-electron chi connectivity index (χ1n) is 36.3. The minimum Gasteiger partial charge on any atom is -0.309 e. The largest absolute Gasteiger partial charge is 0.309 e. The molecule has 5 heterocycles. The van der Waals surface area contributed by atoms with E-state index in [4.69, 9.17) is 15.0 Å². The molecule has 520 valence electrons. The summed E-state index contributed by atoms with van der Waals surface area (Å²) in [5, 5.41) is 2.59. The van der Waals surface area contributed by atoms with E-state index in [1.54, 1.807) is 0 Å². The second kappa shape index (κ2) is 34.6. The van der Waals surface area contributed by atoms with E-state index in [1.807, 2.05) is 196 Å². The monoisotopic (exact) mass is 1390 g/mol. The fourth-order valence-electron chi connectivity index (χ4n) is 13.0. The van der Waals surface area contributed by atoms with Crippen molar-refractivity contribution in [3.05, 3.63) is 423 Å². The van der Waals surface area contributed by atoms with E-state index in [0.29, 0.717) is 0 Å². The Morgan fingerprint density at radius 1 is 0.185 bits per heavy atom. The lowest BCUT2D eigenvalue weighted by Crippen LogP contribution is -1.95. The predicted molar refractivity (Wildman–Crippen MR) is 449 cm³/mol. The van der Waals surface area contributed by atoms with Crippen molar-refractivity contribution < 1.29 is 0 Å². The van der Waals surface area contributed by atoms with Gasteiger partial charge < -0.3 is 4.57 Å². The molecule has 18 aromatic rings. The Labute approximate surface area is 632 Å². The van der Waals surface area contributed by atoms with Gasteiger partial charge in [0.05, 0.1) is 50.9 Å². The Balaban J connectivity index is 0.000000114. The van der Waals surface area contributed by atoms with Crippen LogP contribution in [-0.4, -0.2) is 39.5 Å². The molecule has 0 spiro atoms. The number of hydrogen-bond donors (Lipinski definition) is 0. The molecule has 8 nitrogen and oxygen atoms in total. The molecule has 0 saturated carbocycles. The smallest absolute Gasteiger partial charge is 0.160 e. The van der Waals surface area contributed by atoms with Gasteiger partial charge in [-0.3, -0.25) is 0 Å². The summed E-state index contributed by atoms with van der Waals surface area (Å²) in [4.78, 5) is 32.6. The number of para-hydroxylation sites is 2. The van der Waals surface area contributed by atoms with E-state index in [-0.39, 0.29) is 0 Å². The maximum Gasteiger partial charge on any atom is 0.160 e.